The van der Waals surface area contributed by atoms with E-state index in [2.05, 4.69) is 0 Å². The number of rotatable bonds is 5. The van der Waals surface area contributed by atoms with E-state index >= 15 is 0 Å². The molecule has 1 aliphatic heterocycles. The molecule has 1 aromatic carbocycles. The molecule has 0 atom stereocenters. The summed E-state index contributed by atoms with van der Waals surface area (Å²) in [5, 5.41) is 18.5. The summed E-state index contributed by atoms with van der Waals surface area (Å²) < 4.78 is 0.443. The van der Waals surface area contributed by atoms with Gasteiger partial charge in [-0.05, 0) is 55.2 Å². The molecule has 0 saturated carbocycles. The van der Waals surface area contributed by atoms with Crippen LogP contribution in [-0.2, 0) is 9.59 Å². The fraction of sp³-hybridized carbons (Fsp3) is 0.312. The van der Waals surface area contributed by atoms with Crippen LogP contribution in [0.15, 0.2) is 17.0 Å². The van der Waals surface area contributed by atoms with Crippen LogP contribution < -0.4 is 0 Å². The van der Waals surface area contributed by atoms with E-state index in [1.807, 2.05) is 0 Å². The fourth-order valence-electron chi connectivity index (χ4n) is 2.31. The molecule has 5 nitrogen and oxygen atoms in total. The summed E-state index contributed by atoms with van der Waals surface area (Å²) in [6.07, 6.45) is 2.12. The van der Waals surface area contributed by atoms with Crippen LogP contribution in [0.2, 0.25) is 0 Å². The van der Waals surface area contributed by atoms with Crippen molar-refractivity contribution in [2.75, 3.05) is 6.54 Å². The molecule has 0 unspecified atom stereocenters. The van der Waals surface area contributed by atoms with Crippen molar-refractivity contribution in [2.45, 2.75) is 26.7 Å². The zero-order valence-electron chi connectivity index (χ0n) is 12.8. The monoisotopic (exact) mass is 351 g/mol. The first-order valence-electron chi connectivity index (χ1n) is 7.07. The first-order valence-corrected chi connectivity index (χ1v) is 8.29. The lowest BCUT2D eigenvalue weighted by atomic mass is 10.1. The maximum Gasteiger partial charge on any atom is 0.303 e. The van der Waals surface area contributed by atoms with Crippen molar-refractivity contribution in [1.29, 1.82) is 0 Å². The van der Waals surface area contributed by atoms with Gasteiger partial charge in [0, 0.05) is 13.0 Å². The first-order chi connectivity index (χ1) is 10.8. The Balaban J connectivity index is 2.17. The van der Waals surface area contributed by atoms with E-state index in [4.69, 9.17) is 17.3 Å². The number of aromatic hydroxyl groups is 1. The van der Waals surface area contributed by atoms with E-state index in [1.165, 1.54) is 16.7 Å². The highest BCUT2D eigenvalue weighted by molar-refractivity contribution is 8.26. The van der Waals surface area contributed by atoms with Gasteiger partial charge < -0.3 is 10.2 Å². The first kappa shape index (κ1) is 17.5. The van der Waals surface area contributed by atoms with Gasteiger partial charge in [-0.25, -0.2) is 0 Å². The molecular formula is C16H17NO4S2. The van der Waals surface area contributed by atoms with Crippen LogP contribution in [0.5, 0.6) is 5.75 Å². The number of carboxylic acids is 1. The number of aliphatic carboxylic acids is 1. The second kappa shape index (κ2) is 7.14. The van der Waals surface area contributed by atoms with Crippen LogP contribution in [-0.4, -0.2) is 37.9 Å². The topological polar surface area (TPSA) is 77.8 Å². The number of aryl methyl sites for hydroxylation is 2. The van der Waals surface area contributed by atoms with Crippen molar-refractivity contribution in [1.82, 2.24) is 4.90 Å². The number of thiocarbonyl (C=S) groups is 1. The third kappa shape index (κ3) is 4.11. The number of phenols is 1. The van der Waals surface area contributed by atoms with E-state index < -0.39 is 5.97 Å². The van der Waals surface area contributed by atoms with Crippen molar-refractivity contribution in [3.8, 4) is 5.75 Å². The van der Waals surface area contributed by atoms with E-state index in [0.717, 1.165) is 16.7 Å². The van der Waals surface area contributed by atoms with Crippen molar-refractivity contribution < 1.29 is 19.8 Å². The van der Waals surface area contributed by atoms with Crippen LogP contribution >= 0.6 is 24.0 Å². The van der Waals surface area contributed by atoms with E-state index in [-0.39, 0.29) is 18.1 Å². The maximum atomic E-state index is 12.4. The number of benzene rings is 1. The average molecular weight is 351 g/mol. The quantitative estimate of drug-likeness (QED) is 0.627. The molecular weight excluding hydrogens is 334 g/mol. The number of hydrogen-bond donors (Lipinski definition) is 2. The Bertz CT molecular complexity index is 689. The number of carbonyl (C=O) groups excluding carboxylic acids is 1. The normalized spacial score (nSPS) is 16.4. The van der Waals surface area contributed by atoms with Gasteiger partial charge in [0.2, 0.25) is 0 Å². The lowest BCUT2D eigenvalue weighted by Gasteiger charge is -2.13. The Morgan fingerprint density at radius 2 is 1.96 bits per heavy atom. The standard InChI is InChI=1S/C16H17NO4S2/c1-9-6-11(7-10(2)14(9)20)8-12-15(21)17(16(22)23-12)5-3-4-13(18)19/h6-8,20H,3-5H2,1-2H3,(H,18,19). The van der Waals surface area contributed by atoms with E-state index in [9.17, 15) is 14.7 Å². The molecule has 1 amide bonds. The van der Waals surface area contributed by atoms with Crippen LogP contribution in [0.4, 0.5) is 0 Å². The van der Waals surface area contributed by atoms with Gasteiger partial charge >= 0.3 is 5.97 Å². The van der Waals surface area contributed by atoms with Crippen molar-refractivity contribution in [3.63, 3.8) is 0 Å². The molecule has 0 bridgehead atoms. The Kier molecular flexibility index (Phi) is 5.43. The average Bonchev–Trinajstić information content (AvgIpc) is 2.71. The molecule has 0 aliphatic carbocycles. The minimum atomic E-state index is -0.888. The Morgan fingerprint density at radius 1 is 1.35 bits per heavy atom. The second-order valence-corrected chi connectivity index (χ2v) is 7.01. The van der Waals surface area contributed by atoms with Crippen molar-refractivity contribution >= 4 is 46.3 Å². The lowest BCUT2D eigenvalue weighted by Crippen LogP contribution is -2.29. The predicted molar refractivity (Wildman–Crippen MR) is 94.3 cm³/mol. The van der Waals surface area contributed by atoms with Gasteiger partial charge in [0.05, 0.1) is 4.91 Å². The smallest absolute Gasteiger partial charge is 0.303 e. The number of nitrogens with zero attached hydrogens (tertiary/aromatic N) is 1. The Morgan fingerprint density at radius 3 is 2.52 bits per heavy atom. The molecule has 1 aromatic rings. The molecule has 0 radical (unpaired) electrons. The largest absolute Gasteiger partial charge is 0.507 e. The highest BCUT2D eigenvalue weighted by atomic mass is 32.2. The number of carbonyl (C=O) groups is 2. The van der Waals surface area contributed by atoms with Gasteiger partial charge in [-0.1, -0.05) is 24.0 Å². The van der Waals surface area contributed by atoms with Crippen molar-refractivity contribution in [3.05, 3.63) is 33.7 Å². The predicted octanol–water partition coefficient (Wildman–Crippen LogP) is 3.08. The molecule has 23 heavy (non-hydrogen) atoms. The molecule has 1 aliphatic rings. The third-order valence-corrected chi connectivity index (χ3v) is 4.83. The van der Waals surface area contributed by atoms with Crippen LogP contribution in [0.1, 0.15) is 29.5 Å². The summed E-state index contributed by atoms with van der Waals surface area (Å²) in [5.41, 5.74) is 2.31. The second-order valence-electron chi connectivity index (χ2n) is 5.33. The summed E-state index contributed by atoms with van der Waals surface area (Å²) >= 11 is 6.41. The number of carboxylic acid groups (broad SMARTS) is 1. The SMILES string of the molecule is Cc1cc(C=C2SC(=S)N(CCCC(=O)O)C2=O)cc(C)c1O. The molecule has 1 fully saturated rings. The minimum absolute atomic E-state index is 0.00641. The molecule has 2 rings (SSSR count). The molecule has 0 spiro atoms. The minimum Gasteiger partial charge on any atom is -0.507 e. The van der Waals surface area contributed by atoms with Crippen LogP contribution in [0.25, 0.3) is 6.08 Å². The highest BCUT2D eigenvalue weighted by Gasteiger charge is 2.31. The van der Waals surface area contributed by atoms with Crippen molar-refractivity contribution in [2.24, 2.45) is 0 Å². The summed E-state index contributed by atoms with van der Waals surface area (Å²) in [4.78, 5) is 24.9. The number of amides is 1. The third-order valence-electron chi connectivity index (χ3n) is 3.46. The number of hydrogen-bond acceptors (Lipinski definition) is 5. The Labute approximate surface area is 144 Å². The zero-order valence-corrected chi connectivity index (χ0v) is 14.5. The zero-order chi connectivity index (χ0) is 17.1. The number of thioether (sulfide) groups is 1. The van der Waals surface area contributed by atoms with Gasteiger partial charge in [0.1, 0.15) is 10.1 Å². The molecule has 1 saturated heterocycles. The van der Waals surface area contributed by atoms with Gasteiger partial charge in [0.15, 0.2) is 0 Å². The van der Waals surface area contributed by atoms with Gasteiger partial charge in [0.25, 0.3) is 5.91 Å². The van der Waals surface area contributed by atoms with Gasteiger partial charge in [-0.3, -0.25) is 14.5 Å². The van der Waals surface area contributed by atoms with Gasteiger partial charge in [-0.15, -0.1) is 0 Å². The van der Waals surface area contributed by atoms with Crippen LogP contribution in [0.3, 0.4) is 0 Å². The molecule has 1 heterocycles. The van der Waals surface area contributed by atoms with E-state index in [1.54, 1.807) is 32.1 Å². The summed E-state index contributed by atoms with van der Waals surface area (Å²) in [5.74, 6) is -0.835. The Hall–Kier alpha value is -1.86. The number of phenolic OH excluding ortho intramolecular Hbond substituents is 1. The van der Waals surface area contributed by atoms with E-state index in [0.29, 0.717) is 22.2 Å². The summed E-state index contributed by atoms with van der Waals surface area (Å²) in [7, 11) is 0. The fourth-order valence-corrected chi connectivity index (χ4v) is 3.61. The lowest BCUT2D eigenvalue weighted by molar-refractivity contribution is -0.137. The highest BCUT2D eigenvalue weighted by Crippen LogP contribution is 2.33. The molecule has 0 aromatic heterocycles. The molecule has 2 N–H and O–H groups in total. The summed E-state index contributed by atoms with van der Waals surface area (Å²) in [6.45, 7) is 3.91. The maximum absolute atomic E-state index is 12.4. The molecule has 122 valence electrons. The molecule has 7 heteroatoms. The van der Waals surface area contributed by atoms with Crippen LogP contribution in [0, 0.1) is 13.8 Å². The van der Waals surface area contributed by atoms with Gasteiger partial charge in [-0.2, -0.15) is 0 Å². The summed E-state index contributed by atoms with van der Waals surface area (Å²) in [6, 6.07) is 3.61.